The summed E-state index contributed by atoms with van der Waals surface area (Å²) in [5.41, 5.74) is 0. The third-order valence-electron chi connectivity index (χ3n) is 12.2. The van der Waals surface area contributed by atoms with Gasteiger partial charge in [-0.05, 0) is 25.7 Å². The lowest BCUT2D eigenvalue weighted by Crippen LogP contribution is -2.45. The molecule has 2 unspecified atom stereocenters. The van der Waals surface area contributed by atoms with E-state index in [0.717, 1.165) is 57.8 Å². The summed E-state index contributed by atoms with van der Waals surface area (Å²) in [6.07, 6.45) is 52.2. The van der Waals surface area contributed by atoms with Crippen molar-refractivity contribution in [3.63, 3.8) is 0 Å². The van der Waals surface area contributed by atoms with Crippen LogP contribution in [0.1, 0.15) is 290 Å². The number of unbranched alkanes of at least 4 members (excludes halogenated alkanes) is 37. The molecule has 0 aliphatic rings. The molecule has 340 valence electrons. The fourth-order valence-electron chi connectivity index (χ4n) is 8.17. The molecule has 0 aromatic heterocycles. The van der Waals surface area contributed by atoms with E-state index < -0.39 is 12.1 Å². The Balaban J connectivity index is 3.38. The Morgan fingerprint density at radius 3 is 1.07 bits per heavy atom. The molecule has 6 nitrogen and oxygen atoms in total. The molecule has 0 spiro atoms. The molecule has 2 atom stereocenters. The number of hydrogen-bond donors (Lipinski definition) is 3. The van der Waals surface area contributed by atoms with Gasteiger partial charge in [0.15, 0.2) is 0 Å². The Kier molecular flexibility index (Phi) is 46.6. The lowest BCUT2D eigenvalue weighted by Gasteiger charge is -2.22. The number of ether oxygens (including phenoxy) is 1. The van der Waals surface area contributed by atoms with Gasteiger partial charge in [-0.3, -0.25) is 9.59 Å². The van der Waals surface area contributed by atoms with Crippen LogP contribution in [0.2, 0.25) is 0 Å². The summed E-state index contributed by atoms with van der Waals surface area (Å²) < 4.78 is 5.47. The van der Waals surface area contributed by atoms with Gasteiger partial charge < -0.3 is 20.3 Å². The van der Waals surface area contributed by atoms with Gasteiger partial charge in [0, 0.05) is 12.8 Å². The first-order valence-electron chi connectivity index (χ1n) is 25.8. The molecule has 0 saturated heterocycles. The number of amides is 1. The Morgan fingerprint density at radius 2 is 0.719 bits per heavy atom. The smallest absolute Gasteiger partial charge is 0.305 e. The topological polar surface area (TPSA) is 95.9 Å². The van der Waals surface area contributed by atoms with Crippen molar-refractivity contribution >= 4 is 11.9 Å². The highest BCUT2D eigenvalue weighted by Crippen LogP contribution is 2.17. The normalized spacial score (nSPS) is 12.6. The molecule has 0 aromatic rings. The molecule has 57 heavy (non-hydrogen) atoms. The summed E-state index contributed by atoms with van der Waals surface area (Å²) in [5, 5.41) is 23.0. The van der Waals surface area contributed by atoms with Gasteiger partial charge in [-0.25, -0.2) is 0 Å². The number of aliphatic hydroxyl groups excluding tert-OH is 2. The first kappa shape index (κ1) is 55.9. The number of rotatable bonds is 48. The number of carbonyl (C=O) groups excluding carboxylic acids is 2. The highest BCUT2D eigenvalue weighted by molar-refractivity contribution is 5.76. The number of carbonyl (C=O) groups is 2. The van der Waals surface area contributed by atoms with Crippen LogP contribution in [0.15, 0.2) is 0 Å². The molecule has 3 N–H and O–H groups in total. The quantitative estimate of drug-likeness (QED) is 0.0420. The minimum absolute atomic E-state index is 0.00442. The second kappa shape index (κ2) is 47.5. The molecule has 0 aliphatic heterocycles. The van der Waals surface area contributed by atoms with Gasteiger partial charge in [-0.15, -0.1) is 0 Å². The molecule has 0 bridgehead atoms. The molecule has 0 fully saturated rings. The van der Waals surface area contributed by atoms with E-state index in [1.54, 1.807) is 0 Å². The Hall–Kier alpha value is -1.14. The summed E-state index contributed by atoms with van der Waals surface area (Å²) >= 11 is 0. The van der Waals surface area contributed by atoms with Crippen molar-refractivity contribution in [3.05, 3.63) is 0 Å². The van der Waals surface area contributed by atoms with Crippen LogP contribution in [-0.2, 0) is 14.3 Å². The first-order valence-corrected chi connectivity index (χ1v) is 25.8. The predicted octanol–water partition coefficient (Wildman–Crippen LogP) is 15.2. The van der Waals surface area contributed by atoms with Gasteiger partial charge in [0.05, 0.1) is 25.4 Å². The highest BCUT2D eigenvalue weighted by Gasteiger charge is 2.20. The van der Waals surface area contributed by atoms with Crippen molar-refractivity contribution in [2.75, 3.05) is 13.2 Å². The molecule has 0 aromatic carbocycles. The van der Waals surface area contributed by atoms with Gasteiger partial charge in [-0.2, -0.15) is 0 Å². The van der Waals surface area contributed by atoms with E-state index in [1.807, 2.05) is 0 Å². The molecule has 6 heteroatoms. The Bertz CT molecular complexity index is 806. The van der Waals surface area contributed by atoms with Crippen LogP contribution in [0.4, 0.5) is 0 Å². The Labute approximate surface area is 356 Å². The largest absolute Gasteiger partial charge is 0.466 e. The van der Waals surface area contributed by atoms with E-state index in [0.29, 0.717) is 25.9 Å². The third-order valence-corrected chi connectivity index (χ3v) is 12.2. The summed E-state index contributed by atoms with van der Waals surface area (Å²) in [6, 6.07) is -0.549. The molecule has 0 radical (unpaired) electrons. The average molecular weight is 808 g/mol. The molecular formula is C51H101NO5. The monoisotopic (exact) mass is 808 g/mol. The van der Waals surface area contributed by atoms with Crippen LogP contribution in [0.3, 0.4) is 0 Å². The van der Waals surface area contributed by atoms with Crippen LogP contribution < -0.4 is 5.32 Å². The average Bonchev–Trinajstić information content (AvgIpc) is 3.21. The number of hydrogen-bond acceptors (Lipinski definition) is 5. The summed E-state index contributed by atoms with van der Waals surface area (Å²) in [6.45, 7) is 4.91. The standard InChI is InChI=1S/C51H101NO5/c1-3-5-7-9-11-13-14-15-16-17-18-19-20-21-25-29-33-37-41-45-51(56)57-46-42-38-34-30-26-23-22-24-28-32-36-40-44-50(55)52-48(47-53)49(54)43-39-35-31-27-12-10-8-6-4-2/h48-49,53-54H,3-47H2,1-2H3,(H,52,55). The van der Waals surface area contributed by atoms with Crippen LogP contribution >= 0.6 is 0 Å². The van der Waals surface area contributed by atoms with E-state index in [9.17, 15) is 19.8 Å². The highest BCUT2D eigenvalue weighted by atomic mass is 16.5. The second-order valence-corrected chi connectivity index (χ2v) is 17.9. The van der Waals surface area contributed by atoms with Gasteiger partial charge in [0.2, 0.25) is 5.91 Å². The van der Waals surface area contributed by atoms with E-state index in [4.69, 9.17) is 4.74 Å². The summed E-state index contributed by atoms with van der Waals surface area (Å²) in [4.78, 5) is 24.4. The minimum Gasteiger partial charge on any atom is -0.466 e. The maximum atomic E-state index is 12.4. The van der Waals surface area contributed by atoms with Gasteiger partial charge >= 0.3 is 5.97 Å². The van der Waals surface area contributed by atoms with Gasteiger partial charge in [0.1, 0.15) is 0 Å². The number of aliphatic hydroxyl groups is 2. The minimum atomic E-state index is -0.670. The summed E-state index contributed by atoms with van der Waals surface area (Å²) in [7, 11) is 0. The van der Waals surface area contributed by atoms with Crippen LogP contribution in [0.25, 0.3) is 0 Å². The molecule has 1 amide bonds. The molecular weight excluding hydrogens is 707 g/mol. The van der Waals surface area contributed by atoms with Crippen LogP contribution in [-0.4, -0.2) is 47.4 Å². The molecule has 0 aliphatic carbocycles. The number of esters is 1. The fourth-order valence-corrected chi connectivity index (χ4v) is 8.17. The third kappa shape index (κ3) is 44.2. The maximum Gasteiger partial charge on any atom is 0.305 e. The van der Waals surface area contributed by atoms with Crippen molar-refractivity contribution in [1.82, 2.24) is 5.32 Å². The number of nitrogens with one attached hydrogen (secondary N) is 1. The maximum absolute atomic E-state index is 12.4. The van der Waals surface area contributed by atoms with E-state index in [1.165, 1.54) is 199 Å². The van der Waals surface area contributed by atoms with Crippen LogP contribution in [0.5, 0.6) is 0 Å². The van der Waals surface area contributed by atoms with Crippen molar-refractivity contribution < 1.29 is 24.5 Å². The first-order chi connectivity index (χ1) is 28.0. The molecule has 0 rings (SSSR count). The zero-order chi connectivity index (χ0) is 41.5. The second-order valence-electron chi connectivity index (χ2n) is 17.9. The molecule has 0 heterocycles. The summed E-state index contributed by atoms with van der Waals surface area (Å²) in [5.74, 6) is -0.0559. The Morgan fingerprint density at radius 1 is 0.421 bits per heavy atom. The SMILES string of the molecule is CCCCCCCCCCCCCCCCCCCCCC(=O)OCCCCCCCCCCCCCCC(=O)NC(CO)C(O)CCCCCCCCCCC. The van der Waals surface area contributed by atoms with Crippen LogP contribution in [0, 0.1) is 0 Å². The van der Waals surface area contributed by atoms with E-state index in [-0.39, 0.29) is 18.5 Å². The lowest BCUT2D eigenvalue weighted by molar-refractivity contribution is -0.143. The van der Waals surface area contributed by atoms with Crippen molar-refractivity contribution in [1.29, 1.82) is 0 Å². The lowest BCUT2D eigenvalue weighted by atomic mass is 10.0. The zero-order valence-corrected chi connectivity index (χ0v) is 38.6. The van der Waals surface area contributed by atoms with E-state index in [2.05, 4.69) is 19.2 Å². The van der Waals surface area contributed by atoms with Gasteiger partial charge in [0.25, 0.3) is 0 Å². The molecule has 0 saturated carbocycles. The fraction of sp³-hybridized carbons (Fsp3) is 0.961. The zero-order valence-electron chi connectivity index (χ0n) is 38.6. The van der Waals surface area contributed by atoms with E-state index >= 15 is 0 Å². The van der Waals surface area contributed by atoms with Crippen molar-refractivity contribution in [2.24, 2.45) is 0 Å². The van der Waals surface area contributed by atoms with Crippen molar-refractivity contribution in [3.8, 4) is 0 Å². The predicted molar refractivity (Wildman–Crippen MR) is 246 cm³/mol. The van der Waals surface area contributed by atoms with Gasteiger partial charge in [-0.1, -0.05) is 251 Å². The van der Waals surface area contributed by atoms with Crippen molar-refractivity contribution in [2.45, 2.75) is 302 Å².